The van der Waals surface area contributed by atoms with Gasteiger partial charge in [0.25, 0.3) is 5.56 Å². The molecule has 5 nitrogen and oxygen atoms in total. The maximum atomic E-state index is 12.1. The van der Waals surface area contributed by atoms with Crippen LogP contribution in [0.15, 0.2) is 59.4 Å². The van der Waals surface area contributed by atoms with Gasteiger partial charge in [0.15, 0.2) is 0 Å². The van der Waals surface area contributed by atoms with Crippen LogP contribution < -0.4 is 9.84 Å². The average Bonchev–Trinajstić information content (AvgIpc) is 2.54. The van der Waals surface area contributed by atoms with Crippen LogP contribution in [0.1, 0.15) is 16.8 Å². The molecule has 0 saturated heterocycles. The molecule has 0 fully saturated rings. The topological polar surface area (TPSA) is 65.4 Å². The Morgan fingerprint density at radius 1 is 1.00 bits per heavy atom. The van der Waals surface area contributed by atoms with E-state index in [2.05, 4.69) is 0 Å². The summed E-state index contributed by atoms with van der Waals surface area (Å²) in [6.07, 6.45) is 4.40. The molecule has 2 aromatic carbocycles. The molecule has 6 heteroatoms. The second-order valence-corrected chi connectivity index (χ2v) is 7.33. The van der Waals surface area contributed by atoms with E-state index in [4.69, 9.17) is 4.28 Å². The number of hydrogen-bond donors (Lipinski definition) is 0. The van der Waals surface area contributed by atoms with Crippen LogP contribution in [0.4, 0.5) is 0 Å². The van der Waals surface area contributed by atoms with Gasteiger partial charge in [-0.2, -0.15) is 8.42 Å². The predicted molar refractivity (Wildman–Crippen MR) is 99.7 cm³/mol. The Morgan fingerprint density at radius 3 is 2.48 bits per heavy atom. The Kier molecular flexibility index (Phi) is 4.46. The fraction of sp³-hybridized carbons (Fsp3) is 0.105. The Hall–Kier alpha value is -2.86. The first kappa shape index (κ1) is 17.0. The third kappa shape index (κ3) is 3.97. The molecule has 3 rings (SSSR count). The highest BCUT2D eigenvalue weighted by Gasteiger charge is 2.10. The van der Waals surface area contributed by atoms with Crippen LogP contribution in [0.25, 0.3) is 22.9 Å². The van der Waals surface area contributed by atoms with Crippen molar-refractivity contribution in [3.8, 4) is 0 Å². The van der Waals surface area contributed by atoms with E-state index in [0.717, 1.165) is 32.9 Å². The first-order chi connectivity index (χ1) is 11.8. The lowest BCUT2D eigenvalue weighted by molar-refractivity contribution is 0.267. The monoisotopic (exact) mass is 355 g/mol. The number of aromatic nitrogens is 1. The SMILES string of the molecule is Cc1cc(/C=C/c2cccc3ccccc23)n(OS(C)(=O)=O)c(=O)c1. The number of hydrogen-bond acceptors (Lipinski definition) is 4. The zero-order chi connectivity index (χ0) is 18.0. The van der Waals surface area contributed by atoms with Crippen LogP contribution in [0.2, 0.25) is 0 Å². The summed E-state index contributed by atoms with van der Waals surface area (Å²) in [6.45, 7) is 1.77. The highest BCUT2D eigenvalue weighted by Crippen LogP contribution is 2.20. The molecule has 0 radical (unpaired) electrons. The predicted octanol–water partition coefficient (Wildman–Crippen LogP) is 2.87. The maximum absolute atomic E-state index is 12.1. The van der Waals surface area contributed by atoms with Crippen molar-refractivity contribution < 1.29 is 12.7 Å². The van der Waals surface area contributed by atoms with Crippen LogP contribution in [-0.4, -0.2) is 19.4 Å². The van der Waals surface area contributed by atoms with Gasteiger partial charge in [-0.1, -0.05) is 48.5 Å². The van der Waals surface area contributed by atoms with Crippen molar-refractivity contribution in [3.05, 3.63) is 81.8 Å². The maximum Gasteiger partial charge on any atom is 0.324 e. The summed E-state index contributed by atoms with van der Waals surface area (Å²) in [5.41, 5.74) is 1.49. The van der Waals surface area contributed by atoms with Gasteiger partial charge in [-0.3, -0.25) is 9.08 Å². The van der Waals surface area contributed by atoms with Gasteiger partial charge in [-0.15, -0.1) is 4.73 Å². The third-order valence-electron chi connectivity index (χ3n) is 3.63. The van der Waals surface area contributed by atoms with Gasteiger partial charge in [0.1, 0.15) is 0 Å². The van der Waals surface area contributed by atoms with Gasteiger partial charge < -0.3 is 0 Å². The van der Waals surface area contributed by atoms with Crippen molar-refractivity contribution in [1.82, 2.24) is 4.73 Å². The molecule has 0 atom stereocenters. The van der Waals surface area contributed by atoms with Crippen molar-refractivity contribution >= 4 is 33.0 Å². The van der Waals surface area contributed by atoms with Crippen molar-refractivity contribution in [2.45, 2.75) is 6.92 Å². The molecule has 0 N–H and O–H groups in total. The molecule has 0 aliphatic rings. The number of nitrogens with zero attached hydrogens (tertiary/aromatic N) is 1. The van der Waals surface area contributed by atoms with Gasteiger partial charge in [0.2, 0.25) is 0 Å². The van der Waals surface area contributed by atoms with E-state index in [1.165, 1.54) is 6.07 Å². The molecule has 0 aliphatic carbocycles. The molecule has 128 valence electrons. The summed E-state index contributed by atoms with van der Waals surface area (Å²) in [4.78, 5) is 12.1. The molecule has 0 bridgehead atoms. The molecular formula is C19H17NO4S. The zero-order valence-corrected chi connectivity index (χ0v) is 14.7. The van der Waals surface area contributed by atoms with Crippen molar-refractivity contribution in [3.63, 3.8) is 0 Å². The molecule has 3 aromatic rings. The summed E-state index contributed by atoms with van der Waals surface area (Å²) < 4.78 is 28.5. The molecule has 0 saturated carbocycles. The zero-order valence-electron chi connectivity index (χ0n) is 13.8. The lowest BCUT2D eigenvalue weighted by atomic mass is 10.0. The smallest absolute Gasteiger partial charge is 0.284 e. The fourth-order valence-electron chi connectivity index (χ4n) is 2.62. The minimum absolute atomic E-state index is 0.350. The van der Waals surface area contributed by atoms with Crippen LogP contribution >= 0.6 is 0 Å². The summed E-state index contributed by atoms with van der Waals surface area (Å²) >= 11 is 0. The summed E-state index contributed by atoms with van der Waals surface area (Å²) in [7, 11) is -3.82. The Morgan fingerprint density at radius 2 is 1.72 bits per heavy atom. The average molecular weight is 355 g/mol. The van der Waals surface area contributed by atoms with Crippen LogP contribution in [-0.2, 0) is 10.1 Å². The molecule has 0 spiro atoms. The number of rotatable bonds is 4. The molecule has 0 amide bonds. The second kappa shape index (κ2) is 6.57. The highest BCUT2D eigenvalue weighted by molar-refractivity contribution is 7.86. The van der Waals surface area contributed by atoms with Gasteiger partial charge in [-0.25, -0.2) is 0 Å². The molecule has 1 heterocycles. The number of benzene rings is 2. The Balaban J connectivity index is 2.10. The summed E-state index contributed by atoms with van der Waals surface area (Å²) in [5.74, 6) is 0. The number of aryl methyl sites for hydroxylation is 1. The summed E-state index contributed by atoms with van der Waals surface area (Å²) in [5, 5.41) is 2.16. The van der Waals surface area contributed by atoms with E-state index in [1.807, 2.05) is 48.5 Å². The Labute approximate surface area is 145 Å². The first-order valence-electron chi connectivity index (χ1n) is 7.63. The minimum Gasteiger partial charge on any atom is -0.284 e. The number of fused-ring (bicyclic) bond motifs is 1. The van der Waals surface area contributed by atoms with Gasteiger partial charge in [0.05, 0.1) is 11.9 Å². The van der Waals surface area contributed by atoms with Crippen LogP contribution in [0.3, 0.4) is 0 Å². The van der Waals surface area contributed by atoms with E-state index >= 15 is 0 Å². The lowest BCUT2D eigenvalue weighted by Crippen LogP contribution is -2.31. The first-order valence-corrected chi connectivity index (χ1v) is 9.45. The van der Waals surface area contributed by atoms with Crippen molar-refractivity contribution in [2.75, 3.05) is 6.26 Å². The molecule has 25 heavy (non-hydrogen) atoms. The standard InChI is InChI=1S/C19H17NO4S/c1-14-12-17(20(19(21)13-14)24-25(2,22)23)11-10-16-8-5-7-15-6-3-4-9-18(15)16/h3-13H,1-2H3/b11-10+. The minimum atomic E-state index is -3.82. The quantitative estimate of drug-likeness (QED) is 0.722. The fourth-order valence-corrected chi connectivity index (χ4v) is 3.05. The molecule has 0 aliphatic heterocycles. The van der Waals surface area contributed by atoms with E-state index in [9.17, 15) is 13.2 Å². The van der Waals surface area contributed by atoms with E-state index in [0.29, 0.717) is 5.69 Å². The Bertz CT molecular complexity index is 1120. The largest absolute Gasteiger partial charge is 0.324 e. The number of pyridine rings is 1. The van der Waals surface area contributed by atoms with E-state index in [-0.39, 0.29) is 0 Å². The van der Waals surface area contributed by atoms with E-state index in [1.54, 1.807) is 19.1 Å². The van der Waals surface area contributed by atoms with Crippen molar-refractivity contribution in [2.24, 2.45) is 0 Å². The van der Waals surface area contributed by atoms with Gasteiger partial charge in [-0.05, 0) is 41.0 Å². The van der Waals surface area contributed by atoms with Gasteiger partial charge >= 0.3 is 10.1 Å². The normalized spacial score (nSPS) is 11.9. The molecular weight excluding hydrogens is 338 g/mol. The lowest BCUT2D eigenvalue weighted by Gasteiger charge is -2.10. The van der Waals surface area contributed by atoms with Crippen LogP contribution in [0.5, 0.6) is 0 Å². The highest BCUT2D eigenvalue weighted by atomic mass is 32.2. The van der Waals surface area contributed by atoms with E-state index < -0.39 is 15.7 Å². The van der Waals surface area contributed by atoms with Crippen molar-refractivity contribution in [1.29, 1.82) is 0 Å². The van der Waals surface area contributed by atoms with Crippen LogP contribution in [0, 0.1) is 6.92 Å². The molecule has 0 unspecified atom stereocenters. The van der Waals surface area contributed by atoms with Gasteiger partial charge in [0, 0.05) is 6.07 Å². The second-order valence-electron chi connectivity index (χ2n) is 5.77. The molecule has 1 aromatic heterocycles. The summed E-state index contributed by atoms with van der Waals surface area (Å²) in [6, 6.07) is 16.9. The third-order valence-corrected chi connectivity index (χ3v) is 4.05.